The van der Waals surface area contributed by atoms with Crippen LogP contribution in [-0.4, -0.2) is 26.4 Å². The van der Waals surface area contributed by atoms with Crippen molar-refractivity contribution in [1.29, 1.82) is 0 Å². The van der Waals surface area contributed by atoms with Gasteiger partial charge in [0.15, 0.2) is 5.16 Å². The number of nitrogens with zero attached hydrogens (tertiary/aromatic N) is 2. The van der Waals surface area contributed by atoms with Crippen molar-refractivity contribution in [3.05, 3.63) is 10.5 Å². The van der Waals surface area contributed by atoms with Crippen LogP contribution in [0.4, 0.5) is 0 Å². The Morgan fingerprint density at radius 3 is 3.00 bits per heavy atom. The topological polar surface area (TPSA) is 106 Å². The molecule has 0 aliphatic rings. The van der Waals surface area contributed by atoms with Crippen LogP contribution in [0.15, 0.2) is 9.95 Å². The smallest absolute Gasteiger partial charge is 0.294 e. The third-order valence-electron chi connectivity index (χ3n) is 2.22. The second-order valence-electron chi connectivity index (χ2n) is 3.68. The van der Waals surface area contributed by atoms with Crippen LogP contribution in [0.1, 0.15) is 20.3 Å². The van der Waals surface area contributed by atoms with Crippen molar-refractivity contribution in [1.82, 2.24) is 20.2 Å². The number of hydrogen-bond donors (Lipinski definition) is 3. The van der Waals surface area contributed by atoms with Crippen molar-refractivity contribution in [3.8, 4) is 0 Å². The summed E-state index contributed by atoms with van der Waals surface area (Å²) in [6, 6.07) is 0. The molecule has 1 amide bonds. The van der Waals surface area contributed by atoms with Gasteiger partial charge in [-0.25, -0.2) is 15.7 Å². The number of hydrazine groups is 1. The Morgan fingerprint density at radius 2 is 2.41 bits per heavy atom. The summed E-state index contributed by atoms with van der Waals surface area (Å²) in [6.45, 7) is 4.37. The Bertz CT molecular complexity index is 427. The zero-order chi connectivity index (χ0) is 12.8. The largest absolute Gasteiger partial charge is 0.343 e. The zero-order valence-electron chi connectivity index (χ0n) is 9.90. The first-order valence-electron chi connectivity index (χ1n) is 5.38. The fourth-order valence-corrected chi connectivity index (χ4v) is 2.24. The highest BCUT2D eigenvalue weighted by Gasteiger charge is 2.14. The Labute approximate surface area is 103 Å². The summed E-state index contributed by atoms with van der Waals surface area (Å²) in [7, 11) is 0. The lowest BCUT2D eigenvalue weighted by Gasteiger charge is -2.08. The Kier molecular flexibility index (Phi) is 5.23. The lowest BCUT2D eigenvalue weighted by Crippen LogP contribution is -2.35. The summed E-state index contributed by atoms with van der Waals surface area (Å²) in [5, 5.41) is 6.92. The van der Waals surface area contributed by atoms with Crippen LogP contribution >= 0.6 is 11.8 Å². The van der Waals surface area contributed by atoms with Gasteiger partial charge in [0, 0.05) is 18.2 Å². The van der Waals surface area contributed by atoms with Crippen molar-refractivity contribution in [3.63, 3.8) is 0 Å². The molecule has 7 nitrogen and oxygen atoms in total. The molecule has 0 radical (unpaired) electrons. The molecule has 96 valence electrons. The number of hydrogen-bond acceptors (Lipinski definition) is 5. The summed E-state index contributed by atoms with van der Waals surface area (Å²) in [4.78, 5) is 22.6. The van der Waals surface area contributed by atoms with Crippen molar-refractivity contribution < 1.29 is 4.79 Å². The normalized spacial score (nSPS) is 12.4. The molecule has 1 atom stereocenters. The highest BCUT2D eigenvalue weighted by atomic mass is 32.2. The minimum absolute atomic E-state index is 0.217. The van der Waals surface area contributed by atoms with E-state index in [0.29, 0.717) is 17.5 Å². The number of aromatic nitrogens is 3. The second kappa shape index (κ2) is 6.45. The van der Waals surface area contributed by atoms with E-state index in [9.17, 15) is 9.59 Å². The van der Waals surface area contributed by atoms with Crippen LogP contribution in [0, 0.1) is 5.92 Å². The number of nitrogens with two attached hydrogens (primary N) is 1. The van der Waals surface area contributed by atoms with E-state index >= 15 is 0 Å². The summed E-state index contributed by atoms with van der Waals surface area (Å²) < 4.78 is 1.57. The van der Waals surface area contributed by atoms with Crippen LogP contribution < -0.4 is 17.0 Å². The standard InChI is InChI=1S/C9H17N5O2S/c1-3-4-14-8(16)12-13-9(14)17-5-6(2)7(15)11-10/h6H,3-5,10H2,1-2H3,(H,11,15)(H,12,16). The summed E-state index contributed by atoms with van der Waals surface area (Å²) in [5.41, 5.74) is 1.88. The highest BCUT2D eigenvalue weighted by molar-refractivity contribution is 7.99. The maximum atomic E-state index is 11.4. The van der Waals surface area contributed by atoms with E-state index < -0.39 is 0 Å². The molecule has 0 saturated heterocycles. The SMILES string of the molecule is CCCn1c(SCC(C)C(=O)NN)n[nH]c1=O. The molecule has 8 heteroatoms. The maximum absolute atomic E-state index is 11.4. The quantitative estimate of drug-likeness (QED) is 0.281. The molecule has 1 rings (SSSR count). The average molecular weight is 259 g/mol. The van der Waals surface area contributed by atoms with Gasteiger partial charge in [0.2, 0.25) is 5.91 Å². The number of carbonyl (C=O) groups excluding carboxylic acids is 1. The van der Waals surface area contributed by atoms with E-state index in [1.54, 1.807) is 11.5 Å². The van der Waals surface area contributed by atoms with Gasteiger partial charge < -0.3 is 0 Å². The third-order valence-corrected chi connectivity index (χ3v) is 3.46. The van der Waals surface area contributed by atoms with Gasteiger partial charge in [0.1, 0.15) is 0 Å². The van der Waals surface area contributed by atoms with Gasteiger partial charge in [-0.05, 0) is 6.42 Å². The van der Waals surface area contributed by atoms with E-state index in [4.69, 9.17) is 5.84 Å². The lowest BCUT2D eigenvalue weighted by molar-refractivity contribution is -0.123. The number of aromatic amines is 1. The molecule has 17 heavy (non-hydrogen) atoms. The van der Waals surface area contributed by atoms with E-state index in [2.05, 4.69) is 15.6 Å². The first-order valence-corrected chi connectivity index (χ1v) is 6.37. The van der Waals surface area contributed by atoms with Gasteiger partial charge in [0.05, 0.1) is 0 Å². The molecule has 0 aliphatic carbocycles. The van der Waals surface area contributed by atoms with Gasteiger partial charge in [-0.15, -0.1) is 5.10 Å². The van der Waals surface area contributed by atoms with Gasteiger partial charge in [-0.2, -0.15) is 0 Å². The molecule has 0 aromatic carbocycles. The number of thioether (sulfide) groups is 1. The summed E-state index contributed by atoms with van der Waals surface area (Å²) in [6.07, 6.45) is 0.853. The highest BCUT2D eigenvalue weighted by Crippen LogP contribution is 2.17. The molecule has 1 aromatic heterocycles. The minimum Gasteiger partial charge on any atom is -0.294 e. The van der Waals surface area contributed by atoms with Gasteiger partial charge in [0.25, 0.3) is 0 Å². The van der Waals surface area contributed by atoms with Crippen LogP contribution in [-0.2, 0) is 11.3 Å². The van der Waals surface area contributed by atoms with E-state index in [-0.39, 0.29) is 17.5 Å². The monoisotopic (exact) mass is 259 g/mol. The van der Waals surface area contributed by atoms with Crippen molar-refractivity contribution in [2.45, 2.75) is 32.0 Å². The molecule has 1 unspecified atom stereocenters. The molecule has 0 saturated carbocycles. The molecule has 1 aromatic rings. The average Bonchev–Trinajstić information content (AvgIpc) is 2.67. The van der Waals surface area contributed by atoms with Crippen molar-refractivity contribution >= 4 is 17.7 Å². The second-order valence-corrected chi connectivity index (χ2v) is 4.67. The number of carbonyl (C=O) groups is 1. The predicted molar refractivity (Wildman–Crippen MR) is 65.4 cm³/mol. The number of amides is 1. The van der Waals surface area contributed by atoms with Crippen LogP contribution in [0.2, 0.25) is 0 Å². The number of nitrogens with one attached hydrogen (secondary N) is 2. The van der Waals surface area contributed by atoms with Crippen molar-refractivity contribution in [2.75, 3.05) is 5.75 Å². The van der Waals surface area contributed by atoms with Crippen LogP contribution in [0.25, 0.3) is 0 Å². The van der Waals surface area contributed by atoms with Gasteiger partial charge in [-0.1, -0.05) is 25.6 Å². The molecule has 4 N–H and O–H groups in total. The molecule has 0 bridgehead atoms. The Hall–Kier alpha value is -1.28. The fourth-order valence-electron chi connectivity index (χ4n) is 1.25. The van der Waals surface area contributed by atoms with Gasteiger partial charge in [-0.3, -0.25) is 14.8 Å². The lowest BCUT2D eigenvalue weighted by atomic mass is 10.2. The van der Waals surface area contributed by atoms with Gasteiger partial charge >= 0.3 is 5.69 Å². The molecule has 1 heterocycles. The van der Waals surface area contributed by atoms with E-state index in [1.807, 2.05) is 6.92 Å². The van der Waals surface area contributed by atoms with E-state index in [0.717, 1.165) is 6.42 Å². The molecule has 0 fully saturated rings. The first-order chi connectivity index (χ1) is 8.10. The molecular weight excluding hydrogens is 242 g/mol. The predicted octanol–water partition coefficient (Wildman–Crippen LogP) is -0.300. The molecule has 0 spiro atoms. The van der Waals surface area contributed by atoms with Crippen LogP contribution in [0.5, 0.6) is 0 Å². The minimum atomic E-state index is -0.230. The zero-order valence-corrected chi connectivity index (χ0v) is 10.7. The first kappa shape index (κ1) is 13.8. The van der Waals surface area contributed by atoms with Crippen LogP contribution in [0.3, 0.4) is 0 Å². The number of rotatable bonds is 6. The third kappa shape index (κ3) is 3.60. The fraction of sp³-hybridized carbons (Fsp3) is 0.667. The number of H-pyrrole nitrogens is 1. The molecule has 0 aliphatic heterocycles. The maximum Gasteiger partial charge on any atom is 0.343 e. The molecular formula is C9H17N5O2S. The Morgan fingerprint density at radius 1 is 1.71 bits per heavy atom. The van der Waals surface area contributed by atoms with Crippen molar-refractivity contribution in [2.24, 2.45) is 11.8 Å². The summed E-state index contributed by atoms with van der Waals surface area (Å²) >= 11 is 1.36. The Balaban J connectivity index is 2.63. The summed E-state index contributed by atoms with van der Waals surface area (Å²) in [5.74, 6) is 5.11. The van der Waals surface area contributed by atoms with E-state index in [1.165, 1.54) is 11.8 Å².